The van der Waals surface area contributed by atoms with Crippen LogP contribution in [0.15, 0.2) is 24.4 Å². The molecule has 0 spiro atoms. The van der Waals surface area contributed by atoms with Gasteiger partial charge < -0.3 is 11.1 Å². The molecule has 3 rings (SSSR count). The lowest BCUT2D eigenvalue weighted by molar-refractivity contribution is 0.0932. The number of aryl methyl sites for hydroxylation is 1. The minimum atomic E-state index is -0.161. The van der Waals surface area contributed by atoms with Crippen LogP contribution in [0, 0.1) is 0 Å². The zero-order valence-electron chi connectivity index (χ0n) is 11.8. The topological polar surface area (TPSA) is 72.9 Å². The number of nitrogen functional groups attached to an aromatic ring is 1. The molecule has 1 atom stereocenters. The molecule has 0 radical (unpaired) electrons. The molecule has 1 amide bonds. The summed E-state index contributed by atoms with van der Waals surface area (Å²) in [5.41, 5.74) is 9.00. The van der Waals surface area contributed by atoms with Crippen molar-refractivity contribution in [3.8, 4) is 0 Å². The van der Waals surface area contributed by atoms with E-state index in [1.54, 1.807) is 18.2 Å². The second kappa shape index (κ2) is 5.41. The SMILES string of the molecule is Cn1ncc2c1CCCC2NC(=O)c1cc(N)cc(Cl)c1. The number of aromatic nitrogens is 2. The number of anilines is 1. The summed E-state index contributed by atoms with van der Waals surface area (Å²) in [4.78, 5) is 12.4. The maximum Gasteiger partial charge on any atom is 0.251 e. The summed E-state index contributed by atoms with van der Waals surface area (Å²) in [5.74, 6) is -0.161. The van der Waals surface area contributed by atoms with Crippen molar-refractivity contribution in [1.29, 1.82) is 0 Å². The summed E-state index contributed by atoms with van der Waals surface area (Å²) < 4.78 is 1.88. The molecule has 1 aliphatic rings. The number of benzene rings is 1. The standard InChI is InChI=1S/C15H17ClN4O/c1-20-14-4-2-3-13(12(14)8-18-20)19-15(21)9-5-10(16)7-11(17)6-9/h5-8,13H,2-4,17H2,1H3,(H,19,21). The number of halogens is 1. The predicted molar refractivity (Wildman–Crippen MR) is 82.2 cm³/mol. The molecule has 0 saturated heterocycles. The Morgan fingerprint density at radius 3 is 3.05 bits per heavy atom. The quantitative estimate of drug-likeness (QED) is 0.837. The summed E-state index contributed by atoms with van der Waals surface area (Å²) in [6, 6.07) is 4.88. The zero-order valence-corrected chi connectivity index (χ0v) is 12.5. The molecule has 1 unspecified atom stereocenters. The van der Waals surface area contributed by atoms with Gasteiger partial charge in [0, 0.05) is 34.6 Å². The first-order valence-electron chi connectivity index (χ1n) is 6.92. The van der Waals surface area contributed by atoms with Gasteiger partial charge in [-0.3, -0.25) is 9.48 Å². The van der Waals surface area contributed by atoms with E-state index in [-0.39, 0.29) is 11.9 Å². The summed E-state index contributed by atoms with van der Waals surface area (Å²) in [6.45, 7) is 0. The van der Waals surface area contributed by atoms with Gasteiger partial charge in [0.25, 0.3) is 5.91 Å². The molecule has 1 aromatic carbocycles. The van der Waals surface area contributed by atoms with E-state index in [2.05, 4.69) is 10.4 Å². The first-order valence-corrected chi connectivity index (χ1v) is 7.30. The third-order valence-corrected chi connectivity index (χ3v) is 4.08. The van der Waals surface area contributed by atoms with Gasteiger partial charge in [-0.2, -0.15) is 5.10 Å². The third-order valence-electron chi connectivity index (χ3n) is 3.86. The van der Waals surface area contributed by atoms with Gasteiger partial charge >= 0.3 is 0 Å². The lowest BCUT2D eigenvalue weighted by Gasteiger charge is -2.24. The summed E-state index contributed by atoms with van der Waals surface area (Å²) in [6.07, 6.45) is 4.80. The van der Waals surface area contributed by atoms with Gasteiger partial charge in [-0.1, -0.05) is 11.6 Å². The van der Waals surface area contributed by atoms with Crippen LogP contribution in [0.3, 0.4) is 0 Å². The van der Waals surface area contributed by atoms with E-state index < -0.39 is 0 Å². The van der Waals surface area contributed by atoms with Gasteiger partial charge in [-0.05, 0) is 37.5 Å². The minimum Gasteiger partial charge on any atom is -0.399 e. The van der Waals surface area contributed by atoms with E-state index in [1.165, 1.54) is 5.69 Å². The van der Waals surface area contributed by atoms with Crippen LogP contribution >= 0.6 is 11.6 Å². The van der Waals surface area contributed by atoms with Gasteiger partial charge in [0.2, 0.25) is 0 Å². The molecular formula is C15H17ClN4O. The molecule has 6 heteroatoms. The molecular weight excluding hydrogens is 288 g/mol. The number of hydrogen-bond acceptors (Lipinski definition) is 3. The molecule has 1 heterocycles. The fourth-order valence-corrected chi connectivity index (χ4v) is 3.08. The third kappa shape index (κ3) is 2.74. The van der Waals surface area contributed by atoms with Crippen LogP contribution < -0.4 is 11.1 Å². The van der Waals surface area contributed by atoms with E-state index in [0.29, 0.717) is 16.3 Å². The first kappa shape index (κ1) is 13.9. The number of nitrogens with zero attached hydrogens (tertiary/aromatic N) is 2. The van der Waals surface area contributed by atoms with E-state index in [0.717, 1.165) is 24.8 Å². The molecule has 1 aromatic heterocycles. The number of nitrogens with two attached hydrogens (primary N) is 1. The Labute approximate surface area is 128 Å². The fraction of sp³-hybridized carbons (Fsp3) is 0.333. The molecule has 21 heavy (non-hydrogen) atoms. The maximum atomic E-state index is 12.4. The number of fused-ring (bicyclic) bond motifs is 1. The van der Waals surface area contributed by atoms with E-state index >= 15 is 0 Å². The predicted octanol–water partition coefficient (Wildman–Crippen LogP) is 2.46. The van der Waals surface area contributed by atoms with Crippen LogP contribution in [0.4, 0.5) is 5.69 Å². The van der Waals surface area contributed by atoms with Gasteiger partial charge in [0.1, 0.15) is 0 Å². The molecule has 0 bridgehead atoms. The lowest BCUT2D eigenvalue weighted by Crippen LogP contribution is -2.31. The van der Waals surface area contributed by atoms with Crippen molar-refractivity contribution in [3.05, 3.63) is 46.2 Å². The summed E-state index contributed by atoms with van der Waals surface area (Å²) in [7, 11) is 1.93. The molecule has 0 fully saturated rings. The van der Waals surface area contributed by atoms with Crippen LogP contribution in [0.25, 0.3) is 0 Å². The van der Waals surface area contributed by atoms with Crippen LogP contribution in [-0.2, 0) is 13.5 Å². The van der Waals surface area contributed by atoms with Gasteiger partial charge in [0.15, 0.2) is 0 Å². The minimum absolute atomic E-state index is 0.00449. The van der Waals surface area contributed by atoms with Crippen molar-refractivity contribution < 1.29 is 4.79 Å². The van der Waals surface area contributed by atoms with Gasteiger partial charge in [-0.25, -0.2) is 0 Å². The van der Waals surface area contributed by atoms with Crippen molar-refractivity contribution >= 4 is 23.2 Å². The second-order valence-electron chi connectivity index (χ2n) is 5.36. The van der Waals surface area contributed by atoms with Crippen molar-refractivity contribution in [2.45, 2.75) is 25.3 Å². The van der Waals surface area contributed by atoms with Gasteiger partial charge in [-0.15, -0.1) is 0 Å². The second-order valence-corrected chi connectivity index (χ2v) is 5.80. The molecule has 0 aliphatic heterocycles. The number of amides is 1. The summed E-state index contributed by atoms with van der Waals surface area (Å²) in [5, 5.41) is 7.80. The summed E-state index contributed by atoms with van der Waals surface area (Å²) >= 11 is 5.95. The Morgan fingerprint density at radius 2 is 2.29 bits per heavy atom. The van der Waals surface area contributed by atoms with Gasteiger partial charge in [0.05, 0.1) is 12.2 Å². The van der Waals surface area contributed by atoms with Crippen molar-refractivity contribution in [1.82, 2.24) is 15.1 Å². The molecule has 110 valence electrons. The van der Waals surface area contributed by atoms with E-state index in [4.69, 9.17) is 17.3 Å². The Bertz CT molecular complexity index is 675. The maximum absolute atomic E-state index is 12.4. The van der Waals surface area contributed by atoms with E-state index in [9.17, 15) is 4.79 Å². The Morgan fingerprint density at radius 1 is 1.48 bits per heavy atom. The number of carbonyl (C=O) groups excluding carboxylic acids is 1. The highest BCUT2D eigenvalue weighted by molar-refractivity contribution is 6.31. The Kier molecular flexibility index (Phi) is 3.59. The monoisotopic (exact) mass is 304 g/mol. The number of carbonyl (C=O) groups is 1. The smallest absolute Gasteiger partial charge is 0.251 e. The molecule has 1 aliphatic carbocycles. The number of nitrogens with one attached hydrogen (secondary N) is 1. The molecule has 5 nitrogen and oxygen atoms in total. The average Bonchev–Trinajstić information content (AvgIpc) is 2.81. The largest absolute Gasteiger partial charge is 0.399 e. The van der Waals surface area contributed by atoms with Crippen molar-refractivity contribution in [2.24, 2.45) is 7.05 Å². The van der Waals surface area contributed by atoms with Crippen LogP contribution in [0.1, 0.15) is 40.5 Å². The van der Waals surface area contributed by atoms with E-state index in [1.807, 2.05) is 17.9 Å². The number of rotatable bonds is 2. The lowest BCUT2D eigenvalue weighted by atomic mass is 9.92. The Balaban J connectivity index is 1.82. The average molecular weight is 305 g/mol. The highest BCUT2D eigenvalue weighted by Gasteiger charge is 2.25. The van der Waals surface area contributed by atoms with Crippen LogP contribution in [-0.4, -0.2) is 15.7 Å². The van der Waals surface area contributed by atoms with Crippen LogP contribution in [0.5, 0.6) is 0 Å². The fourth-order valence-electron chi connectivity index (χ4n) is 2.84. The molecule has 3 N–H and O–H groups in total. The number of hydrogen-bond donors (Lipinski definition) is 2. The highest BCUT2D eigenvalue weighted by Crippen LogP contribution is 2.29. The highest BCUT2D eigenvalue weighted by atomic mass is 35.5. The van der Waals surface area contributed by atoms with Crippen molar-refractivity contribution in [3.63, 3.8) is 0 Å². The molecule has 2 aromatic rings. The Hall–Kier alpha value is -2.01. The molecule has 0 saturated carbocycles. The van der Waals surface area contributed by atoms with Crippen molar-refractivity contribution in [2.75, 3.05) is 5.73 Å². The zero-order chi connectivity index (χ0) is 15.0. The first-order chi connectivity index (χ1) is 10.0. The van der Waals surface area contributed by atoms with Crippen LogP contribution in [0.2, 0.25) is 5.02 Å². The normalized spacial score (nSPS) is 17.3.